The molecule has 0 fully saturated rings. The van der Waals surface area contributed by atoms with Crippen molar-refractivity contribution in [2.24, 2.45) is 0 Å². The highest BCUT2D eigenvalue weighted by molar-refractivity contribution is 4.65. The molecule has 0 aliphatic carbocycles. The average Bonchev–Trinajstić information content (AvgIpc) is 2.65. The van der Waals surface area contributed by atoms with Gasteiger partial charge in [-0.25, -0.2) is 9.13 Å². The third kappa shape index (κ3) is 6.38. The van der Waals surface area contributed by atoms with E-state index in [1.165, 1.54) is 0 Å². The molecule has 0 aliphatic heterocycles. The van der Waals surface area contributed by atoms with E-state index in [0.717, 1.165) is 0 Å². The first-order valence-corrected chi connectivity index (χ1v) is 5.72. The Morgan fingerprint density at radius 1 is 1.18 bits per heavy atom. The number of aliphatic hydroxyl groups excluding tert-OH is 2. The van der Waals surface area contributed by atoms with Gasteiger partial charge in [0, 0.05) is 0 Å². The van der Waals surface area contributed by atoms with Crippen molar-refractivity contribution in [3.05, 3.63) is 18.7 Å². The van der Waals surface area contributed by atoms with E-state index < -0.39 is 12.6 Å². The SMILES string of the molecule is CC(O)OCCn1cc[n+](CCOC(C)O)c1. The topological polar surface area (TPSA) is 67.7 Å². The number of hydrogen-bond acceptors (Lipinski definition) is 4. The molecule has 0 saturated carbocycles. The van der Waals surface area contributed by atoms with Gasteiger partial charge in [-0.05, 0) is 13.8 Å². The molecule has 0 saturated heterocycles. The first-order chi connectivity index (χ1) is 8.08. The van der Waals surface area contributed by atoms with Crippen molar-refractivity contribution in [3.8, 4) is 0 Å². The average molecular weight is 245 g/mol. The van der Waals surface area contributed by atoms with Crippen molar-refractivity contribution in [3.63, 3.8) is 0 Å². The second-order valence-electron chi connectivity index (χ2n) is 3.83. The lowest BCUT2D eigenvalue weighted by atomic mass is 10.6. The molecule has 98 valence electrons. The van der Waals surface area contributed by atoms with Crippen molar-refractivity contribution < 1.29 is 24.3 Å². The van der Waals surface area contributed by atoms with Crippen LogP contribution in [0.15, 0.2) is 18.7 Å². The summed E-state index contributed by atoms with van der Waals surface area (Å²) in [4.78, 5) is 0. The number of aliphatic hydroxyl groups is 2. The first kappa shape index (κ1) is 14.1. The lowest BCUT2D eigenvalue weighted by Crippen LogP contribution is -2.34. The van der Waals surface area contributed by atoms with Gasteiger partial charge in [0.2, 0.25) is 6.33 Å². The number of aromatic nitrogens is 2. The van der Waals surface area contributed by atoms with E-state index in [-0.39, 0.29) is 0 Å². The Labute approximate surface area is 101 Å². The van der Waals surface area contributed by atoms with E-state index in [2.05, 4.69) is 0 Å². The van der Waals surface area contributed by atoms with Crippen LogP contribution in [0.25, 0.3) is 0 Å². The molecule has 2 unspecified atom stereocenters. The van der Waals surface area contributed by atoms with Crippen LogP contribution >= 0.6 is 0 Å². The van der Waals surface area contributed by atoms with Crippen LogP contribution in [0, 0.1) is 0 Å². The van der Waals surface area contributed by atoms with Crippen molar-refractivity contribution >= 4 is 0 Å². The second-order valence-corrected chi connectivity index (χ2v) is 3.83. The minimum absolute atomic E-state index is 0.469. The van der Waals surface area contributed by atoms with Crippen LogP contribution in [0.3, 0.4) is 0 Å². The largest absolute Gasteiger partial charge is 0.368 e. The monoisotopic (exact) mass is 245 g/mol. The minimum Gasteiger partial charge on any atom is -0.368 e. The molecular weight excluding hydrogens is 224 g/mol. The van der Waals surface area contributed by atoms with E-state index >= 15 is 0 Å². The van der Waals surface area contributed by atoms with Gasteiger partial charge in [0.25, 0.3) is 0 Å². The minimum atomic E-state index is -0.725. The molecule has 1 aromatic heterocycles. The van der Waals surface area contributed by atoms with Gasteiger partial charge < -0.3 is 19.7 Å². The standard InChI is InChI=1S/C11H21N2O4/c1-10(14)16-7-5-12-3-4-13(9-12)6-8-17-11(2)15/h3-4,9-11,14-15H,5-8H2,1-2H3/q+1. The molecule has 1 rings (SSSR count). The summed E-state index contributed by atoms with van der Waals surface area (Å²) in [5.41, 5.74) is 0. The van der Waals surface area contributed by atoms with E-state index in [1.807, 2.05) is 27.9 Å². The maximum Gasteiger partial charge on any atom is 0.243 e. The summed E-state index contributed by atoms with van der Waals surface area (Å²) in [6, 6.07) is 0. The molecular formula is C11H21N2O4+. The fourth-order valence-corrected chi connectivity index (χ4v) is 1.36. The van der Waals surface area contributed by atoms with E-state index in [0.29, 0.717) is 26.3 Å². The second kappa shape index (κ2) is 7.39. The van der Waals surface area contributed by atoms with Gasteiger partial charge in [-0.15, -0.1) is 0 Å². The van der Waals surface area contributed by atoms with E-state index in [4.69, 9.17) is 19.7 Å². The van der Waals surface area contributed by atoms with Gasteiger partial charge in [-0.2, -0.15) is 0 Å². The summed E-state index contributed by atoms with van der Waals surface area (Å²) >= 11 is 0. The molecule has 0 bridgehead atoms. The Morgan fingerprint density at radius 2 is 1.82 bits per heavy atom. The van der Waals surface area contributed by atoms with Crippen LogP contribution in [-0.2, 0) is 22.6 Å². The van der Waals surface area contributed by atoms with Crippen molar-refractivity contribution in [2.75, 3.05) is 13.2 Å². The zero-order valence-corrected chi connectivity index (χ0v) is 10.3. The van der Waals surface area contributed by atoms with Crippen molar-refractivity contribution in [2.45, 2.75) is 39.5 Å². The molecule has 0 amide bonds. The number of nitrogens with zero attached hydrogens (tertiary/aromatic N) is 2. The Balaban J connectivity index is 2.23. The predicted octanol–water partition coefficient (Wildman–Crippen LogP) is -0.515. The van der Waals surface area contributed by atoms with Crippen LogP contribution in [0.1, 0.15) is 13.8 Å². The first-order valence-electron chi connectivity index (χ1n) is 5.72. The Bertz CT molecular complexity index is 284. The smallest absolute Gasteiger partial charge is 0.243 e. The summed E-state index contributed by atoms with van der Waals surface area (Å²) in [6.45, 7) is 5.49. The van der Waals surface area contributed by atoms with Crippen LogP contribution in [0.5, 0.6) is 0 Å². The van der Waals surface area contributed by atoms with Crippen molar-refractivity contribution in [1.29, 1.82) is 0 Å². The Morgan fingerprint density at radius 3 is 2.47 bits per heavy atom. The molecule has 0 aromatic carbocycles. The summed E-state index contributed by atoms with van der Waals surface area (Å²) < 4.78 is 14.0. The molecule has 1 aromatic rings. The molecule has 0 spiro atoms. The van der Waals surface area contributed by atoms with Gasteiger partial charge >= 0.3 is 0 Å². The third-order valence-electron chi connectivity index (χ3n) is 2.16. The maximum absolute atomic E-state index is 8.93. The molecule has 2 atom stereocenters. The highest BCUT2D eigenvalue weighted by Gasteiger charge is 2.05. The molecule has 6 nitrogen and oxygen atoms in total. The zero-order chi connectivity index (χ0) is 12.7. The molecule has 17 heavy (non-hydrogen) atoms. The number of hydrogen-bond donors (Lipinski definition) is 2. The molecule has 6 heteroatoms. The van der Waals surface area contributed by atoms with Crippen LogP contribution in [0.2, 0.25) is 0 Å². The van der Waals surface area contributed by atoms with Gasteiger partial charge in [-0.3, -0.25) is 0 Å². The van der Waals surface area contributed by atoms with Gasteiger partial charge in [0.1, 0.15) is 25.5 Å². The number of ether oxygens (including phenoxy) is 2. The number of imidazole rings is 1. The molecule has 0 radical (unpaired) electrons. The molecule has 0 aliphatic rings. The van der Waals surface area contributed by atoms with Crippen LogP contribution in [-0.4, -0.2) is 40.6 Å². The lowest BCUT2D eigenvalue weighted by molar-refractivity contribution is -0.698. The predicted molar refractivity (Wildman–Crippen MR) is 59.9 cm³/mol. The summed E-state index contributed by atoms with van der Waals surface area (Å²) in [5.74, 6) is 0. The maximum atomic E-state index is 8.93. The quantitative estimate of drug-likeness (QED) is 0.478. The molecule has 1 heterocycles. The normalized spacial score (nSPS) is 14.8. The van der Waals surface area contributed by atoms with Gasteiger partial charge in [0.15, 0.2) is 12.6 Å². The fourth-order valence-electron chi connectivity index (χ4n) is 1.36. The Hall–Kier alpha value is -0.950. The van der Waals surface area contributed by atoms with Crippen LogP contribution in [0.4, 0.5) is 0 Å². The fraction of sp³-hybridized carbons (Fsp3) is 0.727. The Kier molecular flexibility index (Phi) is 6.13. The summed E-state index contributed by atoms with van der Waals surface area (Å²) in [6.07, 6.45) is 4.33. The lowest BCUT2D eigenvalue weighted by Gasteiger charge is -2.04. The highest BCUT2D eigenvalue weighted by atomic mass is 16.6. The highest BCUT2D eigenvalue weighted by Crippen LogP contribution is 1.90. The molecule has 2 N–H and O–H groups in total. The van der Waals surface area contributed by atoms with Crippen molar-refractivity contribution in [1.82, 2.24) is 4.57 Å². The zero-order valence-electron chi connectivity index (χ0n) is 10.3. The summed E-state index contributed by atoms with van der Waals surface area (Å²) in [7, 11) is 0. The van der Waals surface area contributed by atoms with E-state index in [9.17, 15) is 0 Å². The summed E-state index contributed by atoms with van der Waals surface area (Å²) in [5, 5.41) is 17.9. The van der Waals surface area contributed by atoms with Gasteiger partial charge in [-0.1, -0.05) is 0 Å². The van der Waals surface area contributed by atoms with E-state index in [1.54, 1.807) is 13.8 Å². The third-order valence-corrected chi connectivity index (χ3v) is 2.16. The van der Waals surface area contributed by atoms with Crippen LogP contribution < -0.4 is 4.57 Å². The van der Waals surface area contributed by atoms with Gasteiger partial charge in [0.05, 0.1) is 13.2 Å². The number of rotatable bonds is 8.